The van der Waals surface area contributed by atoms with Gasteiger partial charge in [-0.15, -0.1) is 0 Å². The van der Waals surface area contributed by atoms with Crippen molar-refractivity contribution < 1.29 is 9.59 Å². The first-order chi connectivity index (χ1) is 9.99. The molecule has 1 saturated heterocycles. The molecule has 21 heavy (non-hydrogen) atoms. The van der Waals surface area contributed by atoms with Crippen LogP contribution in [0.2, 0.25) is 0 Å². The molecule has 7 nitrogen and oxygen atoms in total. The number of aromatic nitrogens is 2. The Kier molecular flexibility index (Phi) is 4.72. The maximum atomic E-state index is 12.3. The van der Waals surface area contributed by atoms with Gasteiger partial charge in [-0.2, -0.15) is 0 Å². The summed E-state index contributed by atoms with van der Waals surface area (Å²) in [4.78, 5) is 37.7. The predicted molar refractivity (Wildman–Crippen MR) is 78.7 cm³/mol. The van der Waals surface area contributed by atoms with Crippen LogP contribution in [0.3, 0.4) is 0 Å². The molecule has 2 rings (SSSR count). The average molecular weight is 291 g/mol. The summed E-state index contributed by atoms with van der Waals surface area (Å²) in [5.74, 6) is 0.334. The van der Waals surface area contributed by atoms with E-state index in [4.69, 9.17) is 0 Å². The Labute approximate surface area is 124 Å². The van der Waals surface area contributed by atoms with E-state index in [9.17, 15) is 9.59 Å². The number of nitrogens with zero attached hydrogens (tertiary/aromatic N) is 5. The average Bonchev–Trinajstić information content (AvgIpc) is 2.70. The lowest BCUT2D eigenvalue weighted by atomic mass is 10.1. The molecule has 1 aromatic rings. The monoisotopic (exact) mass is 291 g/mol. The van der Waals surface area contributed by atoms with Gasteiger partial charge < -0.3 is 14.7 Å². The Bertz CT molecular complexity index is 505. The van der Waals surface area contributed by atoms with E-state index in [0.29, 0.717) is 32.1 Å². The maximum absolute atomic E-state index is 12.3. The van der Waals surface area contributed by atoms with Crippen molar-refractivity contribution in [2.24, 2.45) is 5.92 Å². The van der Waals surface area contributed by atoms with Gasteiger partial charge in [-0.3, -0.25) is 9.59 Å². The van der Waals surface area contributed by atoms with Crippen LogP contribution in [-0.2, 0) is 9.59 Å². The summed E-state index contributed by atoms with van der Waals surface area (Å²) in [5, 5.41) is 0. The molecule has 2 amide bonds. The molecule has 0 aromatic carbocycles. The third-order valence-electron chi connectivity index (χ3n) is 3.59. The van der Waals surface area contributed by atoms with Crippen LogP contribution in [0, 0.1) is 5.92 Å². The van der Waals surface area contributed by atoms with Gasteiger partial charge in [-0.1, -0.05) is 0 Å². The number of rotatable bonds is 2. The van der Waals surface area contributed by atoms with Crippen LogP contribution in [0.15, 0.2) is 18.5 Å². The largest absolute Gasteiger partial charge is 0.348 e. The molecule has 0 bridgehead atoms. The molecule has 1 unspecified atom stereocenters. The van der Waals surface area contributed by atoms with Crippen molar-refractivity contribution in [3.05, 3.63) is 18.5 Å². The SMILES string of the molecule is CC(=O)N1CCN(c2ncccn2)CC(C(=O)N(C)C)C1. The number of hydrogen-bond donors (Lipinski definition) is 0. The summed E-state index contributed by atoms with van der Waals surface area (Å²) < 4.78 is 0. The topological polar surface area (TPSA) is 69.6 Å². The molecular weight excluding hydrogens is 270 g/mol. The van der Waals surface area contributed by atoms with E-state index in [0.717, 1.165) is 0 Å². The standard InChI is InChI=1S/C14H21N5O2/c1-11(20)18-7-8-19(14-15-5-4-6-16-14)10-12(9-18)13(21)17(2)3/h4-6,12H,7-10H2,1-3H3. The second-order valence-corrected chi connectivity index (χ2v) is 5.39. The van der Waals surface area contributed by atoms with Crippen molar-refractivity contribution in [2.75, 3.05) is 45.2 Å². The van der Waals surface area contributed by atoms with E-state index >= 15 is 0 Å². The zero-order valence-electron chi connectivity index (χ0n) is 12.7. The quantitative estimate of drug-likeness (QED) is 0.758. The van der Waals surface area contributed by atoms with E-state index < -0.39 is 0 Å². The first-order valence-electron chi connectivity index (χ1n) is 6.97. The van der Waals surface area contributed by atoms with Gasteiger partial charge in [-0.05, 0) is 6.07 Å². The molecule has 0 saturated carbocycles. The zero-order chi connectivity index (χ0) is 15.4. The van der Waals surface area contributed by atoms with Crippen LogP contribution < -0.4 is 4.90 Å². The molecule has 2 heterocycles. The summed E-state index contributed by atoms with van der Waals surface area (Å²) in [5.41, 5.74) is 0. The summed E-state index contributed by atoms with van der Waals surface area (Å²) in [7, 11) is 3.46. The Balaban J connectivity index is 2.22. The van der Waals surface area contributed by atoms with Crippen molar-refractivity contribution in [3.8, 4) is 0 Å². The Hall–Kier alpha value is -2.18. The van der Waals surface area contributed by atoms with Crippen molar-refractivity contribution in [3.63, 3.8) is 0 Å². The lowest BCUT2D eigenvalue weighted by molar-refractivity contribution is -0.135. The highest BCUT2D eigenvalue weighted by molar-refractivity contribution is 5.80. The zero-order valence-corrected chi connectivity index (χ0v) is 12.7. The minimum absolute atomic E-state index is 0.0117. The maximum Gasteiger partial charge on any atom is 0.228 e. The third kappa shape index (κ3) is 3.68. The van der Waals surface area contributed by atoms with E-state index in [1.54, 1.807) is 42.4 Å². The molecule has 114 valence electrons. The highest BCUT2D eigenvalue weighted by atomic mass is 16.2. The van der Waals surface area contributed by atoms with Gasteiger partial charge in [0.25, 0.3) is 0 Å². The van der Waals surface area contributed by atoms with Gasteiger partial charge >= 0.3 is 0 Å². The number of carbonyl (C=O) groups is 2. The molecule has 0 aliphatic carbocycles. The molecule has 1 atom stereocenters. The highest BCUT2D eigenvalue weighted by Gasteiger charge is 2.30. The first-order valence-corrected chi connectivity index (χ1v) is 6.97. The van der Waals surface area contributed by atoms with Gasteiger partial charge in [-0.25, -0.2) is 9.97 Å². The molecule has 0 radical (unpaired) electrons. The summed E-state index contributed by atoms with van der Waals surface area (Å²) in [6.07, 6.45) is 3.36. The van der Waals surface area contributed by atoms with Gasteiger partial charge in [0.2, 0.25) is 17.8 Å². The normalized spacial score (nSPS) is 19.1. The summed E-state index contributed by atoms with van der Waals surface area (Å²) in [6.45, 7) is 3.69. The molecule has 1 aromatic heterocycles. The lowest BCUT2D eigenvalue weighted by Crippen LogP contribution is -2.41. The summed E-state index contributed by atoms with van der Waals surface area (Å²) in [6, 6.07) is 1.76. The van der Waals surface area contributed by atoms with Gasteiger partial charge in [0, 0.05) is 59.6 Å². The van der Waals surface area contributed by atoms with E-state index in [1.165, 1.54) is 6.92 Å². The Morgan fingerprint density at radius 1 is 1.19 bits per heavy atom. The van der Waals surface area contributed by atoms with Crippen LogP contribution in [0.25, 0.3) is 0 Å². The van der Waals surface area contributed by atoms with Crippen molar-refractivity contribution in [2.45, 2.75) is 6.92 Å². The van der Waals surface area contributed by atoms with Crippen LogP contribution in [0.1, 0.15) is 6.92 Å². The Morgan fingerprint density at radius 3 is 2.43 bits per heavy atom. The number of carbonyl (C=O) groups excluding carboxylic acids is 2. The fourth-order valence-electron chi connectivity index (χ4n) is 2.46. The van der Waals surface area contributed by atoms with E-state index in [1.807, 2.05) is 4.90 Å². The molecule has 1 aliphatic rings. The molecule has 7 heteroatoms. The second-order valence-electron chi connectivity index (χ2n) is 5.39. The minimum atomic E-state index is -0.268. The number of anilines is 1. The van der Waals surface area contributed by atoms with Crippen LogP contribution in [0.5, 0.6) is 0 Å². The number of amides is 2. The molecule has 1 aliphatic heterocycles. The molecular formula is C14H21N5O2. The molecule has 0 N–H and O–H groups in total. The van der Waals surface area contributed by atoms with Crippen molar-refractivity contribution in [1.82, 2.24) is 19.8 Å². The smallest absolute Gasteiger partial charge is 0.228 e. The van der Waals surface area contributed by atoms with E-state index in [2.05, 4.69) is 9.97 Å². The van der Waals surface area contributed by atoms with Crippen molar-refractivity contribution in [1.29, 1.82) is 0 Å². The van der Waals surface area contributed by atoms with E-state index in [-0.39, 0.29) is 17.7 Å². The van der Waals surface area contributed by atoms with Crippen LogP contribution in [-0.4, -0.2) is 71.9 Å². The first kappa shape index (κ1) is 15.2. The van der Waals surface area contributed by atoms with Crippen LogP contribution in [0.4, 0.5) is 5.95 Å². The molecule has 0 spiro atoms. The van der Waals surface area contributed by atoms with Crippen LogP contribution >= 0.6 is 0 Å². The molecule has 1 fully saturated rings. The lowest BCUT2D eigenvalue weighted by Gasteiger charge is -2.25. The van der Waals surface area contributed by atoms with Gasteiger partial charge in [0.15, 0.2) is 0 Å². The minimum Gasteiger partial charge on any atom is -0.348 e. The third-order valence-corrected chi connectivity index (χ3v) is 3.59. The van der Waals surface area contributed by atoms with Gasteiger partial charge in [0.05, 0.1) is 5.92 Å². The predicted octanol–water partition coefficient (Wildman–Crippen LogP) is -0.150. The van der Waals surface area contributed by atoms with Crippen molar-refractivity contribution >= 4 is 17.8 Å². The second kappa shape index (κ2) is 6.51. The fraction of sp³-hybridized carbons (Fsp3) is 0.571. The van der Waals surface area contributed by atoms with Gasteiger partial charge in [0.1, 0.15) is 0 Å². The number of hydrogen-bond acceptors (Lipinski definition) is 5. The fourth-order valence-corrected chi connectivity index (χ4v) is 2.46. The summed E-state index contributed by atoms with van der Waals surface area (Å²) >= 11 is 0. The highest BCUT2D eigenvalue weighted by Crippen LogP contribution is 2.16. The Morgan fingerprint density at radius 2 is 1.86 bits per heavy atom.